The van der Waals surface area contributed by atoms with E-state index in [2.05, 4.69) is 9.97 Å². The van der Waals surface area contributed by atoms with E-state index in [9.17, 15) is 14.7 Å². The number of aliphatic hydroxyl groups is 1. The second kappa shape index (κ2) is 5.30. The molecule has 98 valence electrons. The highest BCUT2D eigenvalue weighted by atomic mass is 16.3. The Morgan fingerprint density at radius 3 is 2.83 bits per heavy atom. The molecule has 2 unspecified atom stereocenters. The number of carbonyl (C=O) groups is 1. The first-order valence-electron chi connectivity index (χ1n) is 6.09. The summed E-state index contributed by atoms with van der Waals surface area (Å²) in [7, 11) is 1.66. The lowest BCUT2D eigenvalue weighted by atomic mass is 9.91. The average molecular weight is 251 g/mol. The highest BCUT2D eigenvalue weighted by Crippen LogP contribution is 2.23. The van der Waals surface area contributed by atoms with Gasteiger partial charge in [0.15, 0.2) is 0 Å². The van der Waals surface area contributed by atoms with Crippen LogP contribution < -0.4 is 5.56 Å². The summed E-state index contributed by atoms with van der Waals surface area (Å²) in [6.45, 7) is 0. The molecule has 1 saturated carbocycles. The number of likely N-dealkylation sites (N-methyl/N-ethyl adjacent to an activating group) is 1. The number of H-pyrrole nitrogens is 1. The molecule has 18 heavy (non-hydrogen) atoms. The minimum absolute atomic E-state index is 0.167. The molecule has 2 N–H and O–H groups in total. The van der Waals surface area contributed by atoms with E-state index in [4.69, 9.17) is 0 Å². The van der Waals surface area contributed by atoms with Gasteiger partial charge in [0.25, 0.3) is 11.5 Å². The minimum atomic E-state index is -0.476. The molecule has 1 aromatic heterocycles. The molecule has 0 radical (unpaired) electrons. The van der Waals surface area contributed by atoms with Crippen molar-refractivity contribution in [2.75, 3.05) is 7.05 Å². The van der Waals surface area contributed by atoms with E-state index in [0.29, 0.717) is 0 Å². The number of hydrogen-bond acceptors (Lipinski definition) is 4. The zero-order valence-corrected chi connectivity index (χ0v) is 10.3. The molecule has 0 aliphatic heterocycles. The van der Waals surface area contributed by atoms with Crippen LogP contribution in [-0.4, -0.2) is 45.1 Å². The molecule has 0 bridgehead atoms. The number of carbonyl (C=O) groups excluding carboxylic acids is 1. The first-order chi connectivity index (χ1) is 8.59. The van der Waals surface area contributed by atoms with Crippen molar-refractivity contribution in [3.8, 4) is 0 Å². The van der Waals surface area contributed by atoms with E-state index < -0.39 is 6.10 Å². The van der Waals surface area contributed by atoms with E-state index in [-0.39, 0.29) is 23.2 Å². The van der Waals surface area contributed by atoms with E-state index in [1.807, 2.05) is 0 Å². The van der Waals surface area contributed by atoms with Gasteiger partial charge in [-0.05, 0) is 12.8 Å². The number of aromatic amines is 1. The van der Waals surface area contributed by atoms with Crippen molar-refractivity contribution in [2.24, 2.45) is 0 Å². The van der Waals surface area contributed by atoms with E-state index in [0.717, 1.165) is 31.9 Å². The van der Waals surface area contributed by atoms with Crippen LogP contribution in [0.15, 0.2) is 17.2 Å². The maximum absolute atomic E-state index is 12.1. The summed E-state index contributed by atoms with van der Waals surface area (Å²) in [5, 5.41) is 9.91. The summed E-state index contributed by atoms with van der Waals surface area (Å²) in [4.78, 5) is 30.8. The van der Waals surface area contributed by atoms with Crippen LogP contribution in [-0.2, 0) is 0 Å². The predicted octanol–water partition coefficient (Wildman–Crippen LogP) is 0.145. The van der Waals surface area contributed by atoms with Gasteiger partial charge in [0, 0.05) is 13.2 Å². The third-order valence-electron chi connectivity index (χ3n) is 3.40. The number of aromatic nitrogens is 2. The Morgan fingerprint density at radius 2 is 2.22 bits per heavy atom. The normalized spacial score (nSPS) is 23.7. The molecular weight excluding hydrogens is 234 g/mol. The quantitative estimate of drug-likeness (QED) is 0.783. The molecule has 0 saturated heterocycles. The zero-order valence-electron chi connectivity index (χ0n) is 10.3. The molecule has 0 aromatic carbocycles. The van der Waals surface area contributed by atoms with Gasteiger partial charge in [-0.3, -0.25) is 9.59 Å². The molecule has 1 heterocycles. The lowest BCUT2D eigenvalue weighted by molar-refractivity contribution is 0.0264. The summed E-state index contributed by atoms with van der Waals surface area (Å²) in [5.41, 5.74) is -0.151. The van der Waals surface area contributed by atoms with Crippen LogP contribution in [0.4, 0.5) is 0 Å². The smallest absolute Gasteiger partial charge is 0.274 e. The Bertz CT molecular complexity index is 465. The summed E-state index contributed by atoms with van der Waals surface area (Å²) in [6, 6.07) is -0.167. The third-order valence-corrected chi connectivity index (χ3v) is 3.40. The van der Waals surface area contributed by atoms with Gasteiger partial charge in [0.1, 0.15) is 5.69 Å². The lowest BCUT2D eigenvalue weighted by Crippen LogP contribution is -2.46. The topological polar surface area (TPSA) is 86.3 Å². The van der Waals surface area contributed by atoms with Gasteiger partial charge in [0.2, 0.25) is 0 Å². The number of hydrogen-bond donors (Lipinski definition) is 2. The van der Waals surface area contributed by atoms with Gasteiger partial charge in [-0.25, -0.2) is 4.98 Å². The minimum Gasteiger partial charge on any atom is -0.391 e. The molecule has 6 nitrogen and oxygen atoms in total. The SMILES string of the molecule is CN(C(=O)c1c[nH]c(=O)cn1)C1CCCCC1O. The monoisotopic (exact) mass is 251 g/mol. The van der Waals surface area contributed by atoms with Crippen molar-refractivity contribution in [1.29, 1.82) is 0 Å². The number of rotatable bonds is 2. The molecular formula is C12H17N3O3. The maximum atomic E-state index is 12.1. The van der Waals surface area contributed by atoms with E-state index >= 15 is 0 Å². The second-order valence-corrected chi connectivity index (χ2v) is 4.63. The number of nitrogens with one attached hydrogen (secondary N) is 1. The molecule has 6 heteroatoms. The number of aliphatic hydroxyl groups excluding tert-OH is 1. The van der Waals surface area contributed by atoms with Crippen molar-refractivity contribution >= 4 is 5.91 Å². The Kier molecular flexibility index (Phi) is 3.76. The second-order valence-electron chi connectivity index (χ2n) is 4.63. The van der Waals surface area contributed by atoms with Crippen LogP contribution >= 0.6 is 0 Å². The summed E-state index contributed by atoms with van der Waals surface area (Å²) < 4.78 is 0. The van der Waals surface area contributed by atoms with E-state index in [1.54, 1.807) is 7.05 Å². The van der Waals surface area contributed by atoms with Gasteiger partial charge in [-0.1, -0.05) is 12.8 Å². The molecule has 1 amide bonds. The molecule has 2 rings (SSSR count). The van der Waals surface area contributed by atoms with Crippen molar-refractivity contribution in [3.05, 3.63) is 28.4 Å². The van der Waals surface area contributed by atoms with E-state index in [1.165, 1.54) is 11.1 Å². The number of nitrogens with zero attached hydrogens (tertiary/aromatic N) is 2. The van der Waals surface area contributed by atoms with Crippen LogP contribution in [0.1, 0.15) is 36.2 Å². The van der Waals surface area contributed by atoms with Gasteiger partial charge >= 0.3 is 0 Å². The number of amides is 1. The highest BCUT2D eigenvalue weighted by molar-refractivity contribution is 5.92. The Hall–Kier alpha value is -1.69. The van der Waals surface area contributed by atoms with Crippen LogP contribution in [0.3, 0.4) is 0 Å². The average Bonchev–Trinajstić information content (AvgIpc) is 2.38. The molecule has 1 aliphatic rings. The van der Waals surface area contributed by atoms with Crippen molar-refractivity contribution in [2.45, 2.75) is 37.8 Å². The summed E-state index contributed by atoms with van der Waals surface area (Å²) in [6.07, 6.45) is 5.44. The molecule has 1 aromatic rings. The third kappa shape index (κ3) is 2.59. The zero-order chi connectivity index (χ0) is 13.1. The van der Waals surface area contributed by atoms with Gasteiger partial charge < -0.3 is 15.0 Å². The molecule has 2 atom stereocenters. The van der Waals surface area contributed by atoms with Crippen molar-refractivity contribution in [3.63, 3.8) is 0 Å². The van der Waals surface area contributed by atoms with Crippen LogP contribution in [0.2, 0.25) is 0 Å². The van der Waals surface area contributed by atoms with Crippen LogP contribution in [0.25, 0.3) is 0 Å². The van der Waals surface area contributed by atoms with Gasteiger partial charge in [0.05, 0.1) is 18.3 Å². The maximum Gasteiger partial charge on any atom is 0.274 e. The van der Waals surface area contributed by atoms with Gasteiger partial charge in [-0.2, -0.15) is 0 Å². The fraction of sp³-hybridized carbons (Fsp3) is 0.583. The molecule has 0 spiro atoms. The molecule has 1 fully saturated rings. The largest absolute Gasteiger partial charge is 0.391 e. The molecule has 1 aliphatic carbocycles. The van der Waals surface area contributed by atoms with Crippen LogP contribution in [0.5, 0.6) is 0 Å². The Balaban J connectivity index is 2.12. The Labute approximate surface area is 105 Å². The fourth-order valence-corrected chi connectivity index (χ4v) is 2.33. The van der Waals surface area contributed by atoms with Crippen molar-refractivity contribution < 1.29 is 9.90 Å². The standard InChI is InChI=1S/C12H17N3O3/c1-15(9-4-2-3-5-10(9)16)12(18)8-6-14-11(17)7-13-8/h6-7,9-10,16H,2-5H2,1H3,(H,14,17). The fourth-order valence-electron chi connectivity index (χ4n) is 2.33. The lowest BCUT2D eigenvalue weighted by Gasteiger charge is -2.34. The van der Waals surface area contributed by atoms with Crippen molar-refractivity contribution in [1.82, 2.24) is 14.9 Å². The first kappa shape index (κ1) is 12.8. The summed E-state index contributed by atoms with van der Waals surface area (Å²) in [5.74, 6) is -0.280. The first-order valence-corrected chi connectivity index (χ1v) is 6.09. The highest BCUT2D eigenvalue weighted by Gasteiger charge is 2.30. The summed E-state index contributed by atoms with van der Waals surface area (Å²) >= 11 is 0. The Morgan fingerprint density at radius 1 is 1.50 bits per heavy atom. The van der Waals surface area contributed by atoms with Crippen LogP contribution in [0, 0.1) is 0 Å². The van der Waals surface area contributed by atoms with Gasteiger partial charge in [-0.15, -0.1) is 0 Å². The predicted molar refractivity (Wildman–Crippen MR) is 65.2 cm³/mol.